The van der Waals surface area contributed by atoms with E-state index in [1.54, 1.807) is 0 Å². The van der Waals surface area contributed by atoms with E-state index in [9.17, 15) is 0 Å². The molecule has 0 radical (unpaired) electrons. The summed E-state index contributed by atoms with van der Waals surface area (Å²) in [5.74, 6) is 0. The molecule has 0 aliphatic carbocycles. The molecule has 1 atom stereocenters. The molecule has 1 aliphatic heterocycles. The van der Waals surface area contributed by atoms with Gasteiger partial charge in [-0.25, -0.2) is 0 Å². The van der Waals surface area contributed by atoms with Crippen LogP contribution in [-0.4, -0.2) is 6.54 Å². The normalized spacial score (nSPS) is 17.9. The molecule has 1 heteroatoms. The molecule has 0 saturated heterocycles. The van der Waals surface area contributed by atoms with Crippen LogP contribution >= 0.6 is 0 Å². The number of hydrogen-bond donors (Lipinski definition) is 0. The quantitative estimate of drug-likeness (QED) is 0.747. The SMILES string of the molecule is CCN1c2ccccc2C=C(C)[C@@H]1c1ccccc1. The second kappa shape index (κ2) is 4.93. The summed E-state index contributed by atoms with van der Waals surface area (Å²) in [5.41, 5.74) is 5.44. The summed E-state index contributed by atoms with van der Waals surface area (Å²) in [4.78, 5) is 2.49. The van der Waals surface area contributed by atoms with Crippen LogP contribution in [0.3, 0.4) is 0 Å². The van der Waals surface area contributed by atoms with Crippen molar-refractivity contribution in [2.75, 3.05) is 11.4 Å². The summed E-state index contributed by atoms with van der Waals surface area (Å²) < 4.78 is 0. The van der Waals surface area contributed by atoms with Crippen LogP contribution in [-0.2, 0) is 0 Å². The summed E-state index contributed by atoms with van der Waals surface area (Å²) in [6.07, 6.45) is 2.32. The van der Waals surface area contributed by atoms with E-state index in [0.29, 0.717) is 6.04 Å². The zero-order valence-corrected chi connectivity index (χ0v) is 11.5. The lowest BCUT2D eigenvalue weighted by Crippen LogP contribution is -2.31. The third-order valence-corrected chi connectivity index (χ3v) is 3.83. The Hall–Kier alpha value is -2.02. The third kappa shape index (κ3) is 2.06. The Morgan fingerprint density at radius 1 is 0.947 bits per heavy atom. The molecule has 96 valence electrons. The Morgan fingerprint density at radius 3 is 2.37 bits per heavy atom. The van der Waals surface area contributed by atoms with Crippen molar-refractivity contribution in [3.8, 4) is 0 Å². The highest BCUT2D eigenvalue weighted by molar-refractivity contribution is 5.75. The molecular formula is C18H19N. The fraction of sp³-hybridized carbons (Fsp3) is 0.222. The Bertz CT molecular complexity index is 598. The summed E-state index contributed by atoms with van der Waals surface area (Å²) >= 11 is 0. The van der Waals surface area contributed by atoms with Crippen LogP contribution in [0.2, 0.25) is 0 Å². The first-order valence-corrected chi connectivity index (χ1v) is 6.90. The minimum Gasteiger partial charge on any atom is -0.361 e. The number of nitrogens with zero attached hydrogens (tertiary/aromatic N) is 1. The third-order valence-electron chi connectivity index (χ3n) is 3.83. The Labute approximate surface area is 115 Å². The number of para-hydroxylation sites is 1. The highest BCUT2D eigenvalue weighted by atomic mass is 15.2. The fourth-order valence-electron chi connectivity index (χ4n) is 3.01. The van der Waals surface area contributed by atoms with Crippen molar-refractivity contribution in [1.82, 2.24) is 0 Å². The molecule has 1 aliphatic rings. The van der Waals surface area contributed by atoms with Crippen molar-refractivity contribution in [1.29, 1.82) is 0 Å². The molecule has 19 heavy (non-hydrogen) atoms. The van der Waals surface area contributed by atoms with Gasteiger partial charge in [0.15, 0.2) is 0 Å². The lowest BCUT2D eigenvalue weighted by Gasteiger charge is -2.38. The zero-order chi connectivity index (χ0) is 13.2. The van der Waals surface area contributed by atoms with Crippen LogP contribution in [0.4, 0.5) is 5.69 Å². The van der Waals surface area contributed by atoms with Gasteiger partial charge < -0.3 is 4.90 Å². The number of rotatable bonds is 2. The van der Waals surface area contributed by atoms with E-state index in [1.165, 1.54) is 22.4 Å². The lowest BCUT2D eigenvalue weighted by molar-refractivity contribution is 0.708. The topological polar surface area (TPSA) is 3.24 Å². The van der Waals surface area contributed by atoms with Crippen LogP contribution in [0.15, 0.2) is 60.2 Å². The van der Waals surface area contributed by atoms with Crippen molar-refractivity contribution < 1.29 is 0 Å². The lowest BCUT2D eigenvalue weighted by atomic mass is 9.91. The molecule has 3 rings (SSSR count). The summed E-state index contributed by atoms with van der Waals surface area (Å²) in [6, 6.07) is 19.8. The highest BCUT2D eigenvalue weighted by Crippen LogP contribution is 2.40. The summed E-state index contributed by atoms with van der Waals surface area (Å²) in [5, 5.41) is 0. The van der Waals surface area contributed by atoms with Crippen LogP contribution in [0, 0.1) is 0 Å². The highest BCUT2D eigenvalue weighted by Gasteiger charge is 2.26. The van der Waals surface area contributed by atoms with Gasteiger partial charge in [0.2, 0.25) is 0 Å². The van der Waals surface area contributed by atoms with E-state index in [-0.39, 0.29) is 0 Å². The predicted octanol–water partition coefficient (Wildman–Crippen LogP) is 4.67. The molecule has 0 spiro atoms. The maximum absolute atomic E-state index is 2.49. The van der Waals surface area contributed by atoms with Crippen molar-refractivity contribution >= 4 is 11.8 Å². The van der Waals surface area contributed by atoms with Crippen LogP contribution < -0.4 is 4.90 Å². The van der Waals surface area contributed by atoms with Crippen LogP contribution in [0.5, 0.6) is 0 Å². The molecule has 1 heterocycles. The van der Waals surface area contributed by atoms with Gasteiger partial charge in [-0.3, -0.25) is 0 Å². The van der Waals surface area contributed by atoms with E-state index >= 15 is 0 Å². The minimum atomic E-state index is 0.362. The molecule has 1 nitrogen and oxygen atoms in total. The van der Waals surface area contributed by atoms with Crippen molar-refractivity contribution in [2.24, 2.45) is 0 Å². The number of likely N-dealkylation sites (N-methyl/N-ethyl adjacent to an activating group) is 1. The molecular weight excluding hydrogens is 230 g/mol. The molecule has 2 aromatic carbocycles. The molecule has 0 saturated carbocycles. The summed E-state index contributed by atoms with van der Waals surface area (Å²) in [7, 11) is 0. The number of benzene rings is 2. The van der Waals surface area contributed by atoms with Crippen molar-refractivity contribution in [3.63, 3.8) is 0 Å². The van der Waals surface area contributed by atoms with Crippen LogP contribution in [0.25, 0.3) is 6.08 Å². The first-order valence-electron chi connectivity index (χ1n) is 6.90. The zero-order valence-electron chi connectivity index (χ0n) is 11.5. The Balaban J connectivity index is 2.12. The molecule has 0 N–H and O–H groups in total. The van der Waals surface area contributed by atoms with Gasteiger partial charge in [0.1, 0.15) is 0 Å². The predicted molar refractivity (Wildman–Crippen MR) is 82.3 cm³/mol. The molecule has 0 bridgehead atoms. The monoisotopic (exact) mass is 249 g/mol. The van der Waals surface area contributed by atoms with Gasteiger partial charge in [0.25, 0.3) is 0 Å². The van der Waals surface area contributed by atoms with Gasteiger partial charge in [-0.1, -0.05) is 54.6 Å². The Kier molecular flexibility index (Phi) is 3.12. The molecule has 0 amide bonds. The van der Waals surface area contributed by atoms with Gasteiger partial charge in [-0.05, 0) is 36.6 Å². The second-order valence-electron chi connectivity index (χ2n) is 5.05. The molecule has 0 fully saturated rings. The maximum atomic E-state index is 2.49. The number of anilines is 1. The molecule has 2 aromatic rings. The maximum Gasteiger partial charge on any atom is 0.0756 e. The van der Waals surface area contributed by atoms with E-state index in [0.717, 1.165) is 6.54 Å². The van der Waals surface area contributed by atoms with E-state index in [2.05, 4.69) is 79.4 Å². The number of hydrogen-bond acceptors (Lipinski definition) is 1. The second-order valence-corrected chi connectivity index (χ2v) is 5.05. The standard InChI is InChI=1S/C18H19N/c1-3-19-17-12-8-7-11-16(17)13-14(2)18(19)15-9-5-4-6-10-15/h4-13,18H,3H2,1-2H3/t18-/m1/s1. The minimum absolute atomic E-state index is 0.362. The van der Waals surface area contributed by atoms with Gasteiger partial charge in [-0.15, -0.1) is 0 Å². The van der Waals surface area contributed by atoms with Crippen molar-refractivity contribution in [2.45, 2.75) is 19.9 Å². The van der Waals surface area contributed by atoms with E-state index in [1.807, 2.05) is 0 Å². The van der Waals surface area contributed by atoms with Crippen molar-refractivity contribution in [3.05, 3.63) is 71.3 Å². The number of fused-ring (bicyclic) bond motifs is 1. The summed E-state index contributed by atoms with van der Waals surface area (Å²) in [6.45, 7) is 5.48. The van der Waals surface area contributed by atoms with Gasteiger partial charge in [-0.2, -0.15) is 0 Å². The first-order chi connectivity index (χ1) is 9.31. The van der Waals surface area contributed by atoms with Gasteiger partial charge >= 0.3 is 0 Å². The van der Waals surface area contributed by atoms with Gasteiger partial charge in [0.05, 0.1) is 6.04 Å². The average molecular weight is 249 g/mol. The fourth-order valence-corrected chi connectivity index (χ4v) is 3.01. The van der Waals surface area contributed by atoms with E-state index in [4.69, 9.17) is 0 Å². The van der Waals surface area contributed by atoms with Crippen LogP contribution in [0.1, 0.15) is 31.0 Å². The van der Waals surface area contributed by atoms with Gasteiger partial charge in [0, 0.05) is 12.2 Å². The molecule has 0 unspecified atom stereocenters. The largest absolute Gasteiger partial charge is 0.361 e. The average Bonchev–Trinajstić information content (AvgIpc) is 2.46. The Morgan fingerprint density at radius 2 is 1.63 bits per heavy atom. The van der Waals surface area contributed by atoms with E-state index < -0.39 is 0 Å². The first kappa shape index (κ1) is 12.0. The molecule has 0 aromatic heterocycles. The smallest absolute Gasteiger partial charge is 0.0756 e.